The van der Waals surface area contributed by atoms with Crippen molar-refractivity contribution in [2.75, 3.05) is 0 Å². The summed E-state index contributed by atoms with van der Waals surface area (Å²) >= 11 is 0. The van der Waals surface area contributed by atoms with Gasteiger partial charge in [0.15, 0.2) is 0 Å². The molecule has 28 heavy (non-hydrogen) atoms. The Morgan fingerprint density at radius 3 is 1.82 bits per heavy atom. The van der Waals surface area contributed by atoms with Crippen LogP contribution >= 0.6 is 0 Å². The van der Waals surface area contributed by atoms with Crippen LogP contribution in [0.15, 0.2) is 66.7 Å². The van der Waals surface area contributed by atoms with Gasteiger partial charge < -0.3 is 17.0 Å². The Morgan fingerprint density at radius 1 is 0.607 bits per heavy atom. The minimum Gasteiger partial charge on any atom is -1.00 e. The van der Waals surface area contributed by atoms with E-state index in [1.807, 2.05) is 0 Å². The van der Waals surface area contributed by atoms with E-state index < -0.39 is 0 Å². The maximum absolute atomic E-state index is 3.36. The van der Waals surface area contributed by atoms with Gasteiger partial charge in [0.1, 0.15) is 0 Å². The van der Waals surface area contributed by atoms with Crippen molar-refractivity contribution in [3.05, 3.63) is 95.1 Å². The van der Waals surface area contributed by atoms with Crippen LogP contribution < -0.4 is 17.0 Å². The summed E-state index contributed by atoms with van der Waals surface area (Å²) in [5, 5.41) is 0. The van der Waals surface area contributed by atoms with E-state index in [-0.39, 0.29) is 40.0 Å². The Kier molecular flexibility index (Phi) is 11.7. The number of aryl methyl sites for hydroxylation is 4. The van der Waals surface area contributed by atoms with Crippen molar-refractivity contribution in [3.8, 4) is 11.1 Å². The molecule has 0 aliphatic carbocycles. The Morgan fingerprint density at radius 2 is 1.18 bits per heavy atom. The SMILES string of the molecule is Cc1[c-]c(C)cc(-c2cccc(CCCCCCc3ccccc3)c2)c1.[Br-].[Mg+2]. The summed E-state index contributed by atoms with van der Waals surface area (Å²) in [6.07, 6.45) is 7.59. The van der Waals surface area contributed by atoms with Gasteiger partial charge in [-0.2, -0.15) is 29.3 Å². The molecule has 3 aromatic carbocycles. The van der Waals surface area contributed by atoms with E-state index in [4.69, 9.17) is 0 Å². The second-order valence-corrected chi connectivity index (χ2v) is 7.34. The normalized spacial score (nSPS) is 10.1. The number of benzene rings is 3. The standard InChI is InChI=1S/C26H29.BrH.Mg/c1-21-17-22(2)19-26(18-21)25-16-10-15-24(20-25)14-7-4-3-6-11-23-12-8-5-9-13-23;;/h5,8-10,12-13,15-16,18-20H,3-4,6-7,11,14H2,1-2H3;1H;/q-1;;+2/p-1. The van der Waals surface area contributed by atoms with Crippen molar-refractivity contribution in [2.45, 2.75) is 52.4 Å². The van der Waals surface area contributed by atoms with Gasteiger partial charge in [-0.1, -0.05) is 81.3 Å². The first-order valence-corrected chi connectivity index (χ1v) is 9.84. The molecule has 0 N–H and O–H groups in total. The molecule has 0 atom stereocenters. The molecular formula is C26H29BrMg. The molecule has 3 aromatic rings. The number of hydrogen-bond donors (Lipinski definition) is 0. The van der Waals surface area contributed by atoms with E-state index in [0.717, 1.165) is 0 Å². The number of halogens is 1. The molecule has 0 aromatic heterocycles. The number of hydrogen-bond acceptors (Lipinski definition) is 0. The van der Waals surface area contributed by atoms with Crippen molar-refractivity contribution >= 4 is 23.1 Å². The third-order valence-electron chi connectivity index (χ3n) is 4.92. The van der Waals surface area contributed by atoms with E-state index in [9.17, 15) is 0 Å². The summed E-state index contributed by atoms with van der Waals surface area (Å²) in [4.78, 5) is 0. The minimum absolute atomic E-state index is 0. The third kappa shape index (κ3) is 8.11. The molecular weight excluding hydrogens is 416 g/mol. The van der Waals surface area contributed by atoms with Gasteiger partial charge in [-0.3, -0.25) is 0 Å². The van der Waals surface area contributed by atoms with E-state index in [1.165, 1.54) is 71.9 Å². The molecule has 2 heteroatoms. The zero-order valence-corrected chi connectivity index (χ0v) is 20.2. The van der Waals surface area contributed by atoms with Gasteiger partial charge in [-0.15, -0.1) is 5.56 Å². The maximum Gasteiger partial charge on any atom is 2.00 e. The van der Waals surface area contributed by atoms with E-state index >= 15 is 0 Å². The predicted molar refractivity (Wildman–Crippen MR) is 118 cm³/mol. The van der Waals surface area contributed by atoms with Gasteiger partial charge in [0.2, 0.25) is 0 Å². The Bertz CT molecular complexity index is 807. The van der Waals surface area contributed by atoms with Gasteiger partial charge in [0, 0.05) is 0 Å². The fourth-order valence-electron chi connectivity index (χ4n) is 3.62. The Hall–Kier alpha value is -1.09. The van der Waals surface area contributed by atoms with Gasteiger partial charge in [-0.25, -0.2) is 0 Å². The van der Waals surface area contributed by atoms with Crippen molar-refractivity contribution < 1.29 is 17.0 Å². The second kappa shape index (κ2) is 13.2. The topological polar surface area (TPSA) is 0 Å². The molecule has 0 amide bonds. The molecule has 0 fully saturated rings. The molecule has 142 valence electrons. The first-order valence-electron chi connectivity index (χ1n) is 9.84. The van der Waals surface area contributed by atoms with Gasteiger partial charge in [0.25, 0.3) is 0 Å². The monoisotopic (exact) mass is 444 g/mol. The van der Waals surface area contributed by atoms with Crippen LogP contribution in [0.2, 0.25) is 0 Å². The fraction of sp³-hybridized carbons (Fsp3) is 0.308. The average molecular weight is 446 g/mol. The molecule has 3 rings (SSSR count). The molecule has 0 aliphatic rings. The van der Waals surface area contributed by atoms with Crippen LogP contribution in [-0.4, -0.2) is 23.1 Å². The second-order valence-electron chi connectivity index (χ2n) is 7.34. The summed E-state index contributed by atoms with van der Waals surface area (Å²) in [5.41, 5.74) is 7.97. The molecule has 0 radical (unpaired) electrons. The van der Waals surface area contributed by atoms with Gasteiger partial charge >= 0.3 is 23.1 Å². The smallest absolute Gasteiger partial charge is 1.00 e. The van der Waals surface area contributed by atoms with Crippen molar-refractivity contribution in [1.82, 2.24) is 0 Å². The Labute approximate surface area is 197 Å². The van der Waals surface area contributed by atoms with Gasteiger partial charge in [-0.05, 0) is 42.4 Å². The molecule has 0 aliphatic heterocycles. The molecule has 0 heterocycles. The average Bonchev–Trinajstić information content (AvgIpc) is 2.65. The minimum atomic E-state index is 0. The Balaban J connectivity index is 0.00000196. The van der Waals surface area contributed by atoms with Crippen molar-refractivity contribution in [1.29, 1.82) is 0 Å². The third-order valence-corrected chi connectivity index (χ3v) is 4.92. The molecule has 0 spiro atoms. The molecule has 0 unspecified atom stereocenters. The first-order chi connectivity index (χ1) is 12.7. The molecule has 0 bridgehead atoms. The van der Waals surface area contributed by atoms with Crippen LogP contribution in [0.4, 0.5) is 0 Å². The summed E-state index contributed by atoms with van der Waals surface area (Å²) in [7, 11) is 0. The van der Waals surface area contributed by atoms with E-state index in [2.05, 4.69) is 86.6 Å². The largest absolute Gasteiger partial charge is 2.00 e. The molecule has 0 nitrogen and oxygen atoms in total. The zero-order chi connectivity index (χ0) is 18.2. The molecule has 0 saturated heterocycles. The number of rotatable bonds is 8. The summed E-state index contributed by atoms with van der Waals surface area (Å²) in [5.74, 6) is 0. The van der Waals surface area contributed by atoms with E-state index in [1.54, 1.807) is 0 Å². The van der Waals surface area contributed by atoms with E-state index in [0.29, 0.717) is 0 Å². The van der Waals surface area contributed by atoms with Crippen molar-refractivity contribution in [2.24, 2.45) is 0 Å². The first kappa shape index (κ1) is 24.9. The van der Waals surface area contributed by atoms with Crippen molar-refractivity contribution in [3.63, 3.8) is 0 Å². The predicted octanol–water partition coefficient (Wildman–Crippen LogP) is 3.74. The quantitative estimate of drug-likeness (QED) is 0.281. The van der Waals surface area contributed by atoms with Crippen LogP contribution in [0.25, 0.3) is 11.1 Å². The van der Waals surface area contributed by atoms with Crippen LogP contribution in [0.1, 0.15) is 47.9 Å². The van der Waals surface area contributed by atoms with Crippen LogP contribution in [-0.2, 0) is 12.8 Å². The van der Waals surface area contributed by atoms with Gasteiger partial charge in [0.05, 0.1) is 0 Å². The summed E-state index contributed by atoms with van der Waals surface area (Å²) in [6.45, 7) is 4.24. The van der Waals surface area contributed by atoms with Crippen LogP contribution in [0.3, 0.4) is 0 Å². The summed E-state index contributed by atoms with van der Waals surface area (Å²) in [6, 6.07) is 27.7. The van der Waals surface area contributed by atoms with Crippen LogP contribution in [0, 0.1) is 19.9 Å². The number of unbranched alkanes of at least 4 members (excludes halogenated alkanes) is 3. The zero-order valence-electron chi connectivity index (χ0n) is 17.2. The van der Waals surface area contributed by atoms with Crippen LogP contribution in [0.5, 0.6) is 0 Å². The molecule has 0 saturated carbocycles. The maximum atomic E-state index is 3.36. The summed E-state index contributed by atoms with van der Waals surface area (Å²) < 4.78 is 0. The fourth-order valence-corrected chi connectivity index (χ4v) is 3.62.